The van der Waals surface area contributed by atoms with Crippen LogP contribution in [0.2, 0.25) is 0 Å². The highest BCUT2D eigenvalue weighted by Gasteiger charge is 2.52. The summed E-state index contributed by atoms with van der Waals surface area (Å²) >= 11 is 0. The Morgan fingerprint density at radius 2 is 1.78 bits per heavy atom. The average Bonchev–Trinajstić information content (AvgIpc) is 2.49. The van der Waals surface area contributed by atoms with Crippen LogP contribution in [0.1, 0.15) is 33.3 Å². The molecule has 18 heavy (non-hydrogen) atoms. The summed E-state index contributed by atoms with van der Waals surface area (Å²) in [6, 6.07) is 9.33. The van der Waals surface area contributed by atoms with Gasteiger partial charge in [-0.25, -0.2) is 5.01 Å². The molecule has 4 nitrogen and oxygen atoms in total. The van der Waals surface area contributed by atoms with Gasteiger partial charge in [-0.1, -0.05) is 30.3 Å². The summed E-state index contributed by atoms with van der Waals surface area (Å²) in [6.45, 7) is 7.45. The number of nitrogens with one attached hydrogen (secondary N) is 1. The van der Waals surface area contributed by atoms with E-state index < -0.39 is 11.1 Å². The predicted octanol–water partition coefficient (Wildman–Crippen LogP) is 2.44. The summed E-state index contributed by atoms with van der Waals surface area (Å²) in [6.07, 6.45) is 0. The number of amidine groups is 1. The third-order valence-electron chi connectivity index (χ3n) is 4.01. The first-order chi connectivity index (χ1) is 8.28. The van der Waals surface area contributed by atoms with Crippen molar-refractivity contribution in [2.75, 3.05) is 0 Å². The van der Waals surface area contributed by atoms with Gasteiger partial charge in [0.1, 0.15) is 0 Å². The van der Waals surface area contributed by atoms with Crippen LogP contribution < -0.4 is 0 Å². The van der Waals surface area contributed by atoms with Gasteiger partial charge in [-0.2, -0.15) is 5.10 Å². The van der Waals surface area contributed by atoms with Gasteiger partial charge in [0, 0.05) is 11.3 Å². The Labute approximate surface area is 107 Å². The lowest BCUT2D eigenvalue weighted by molar-refractivity contribution is -0.0961. The second-order valence-electron chi connectivity index (χ2n) is 5.36. The van der Waals surface area contributed by atoms with Crippen LogP contribution in [-0.2, 0) is 0 Å². The van der Waals surface area contributed by atoms with Crippen molar-refractivity contribution in [2.45, 2.75) is 33.4 Å². The molecule has 1 aromatic rings. The molecular weight excluding hydrogens is 226 g/mol. The second-order valence-corrected chi connectivity index (χ2v) is 5.36. The van der Waals surface area contributed by atoms with E-state index in [4.69, 9.17) is 5.41 Å². The van der Waals surface area contributed by atoms with Crippen LogP contribution in [0.15, 0.2) is 35.4 Å². The molecule has 1 aromatic carbocycles. The standard InChI is InChI=1S/C14H19N3O/c1-10-13(2,3)14(4,18)17(16-10)12(15)11-8-6-5-7-9-11/h5-9,15,18H,1-4H3/t14-/m1/s1. The number of hydrogen-bond donors (Lipinski definition) is 2. The summed E-state index contributed by atoms with van der Waals surface area (Å²) in [7, 11) is 0. The molecule has 2 rings (SSSR count). The van der Waals surface area contributed by atoms with Crippen LogP contribution in [0.3, 0.4) is 0 Å². The van der Waals surface area contributed by atoms with E-state index in [2.05, 4.69) is 5.10 Å². The predicted molar refractivity (Wildman–Crippen MR) is 72.6 cm³/mol. The molecule has 0 spiro atoms. The molecule has 0 fully saturated rings. The SMILES string of the molecule is CC1=NN(C(=N)c2ccccc2)[C@](C)(O)C1(C)C. The molecule has 1 heterocycles. The molecule has 0 bridgehead atoms. The molecular formula is C14H19N3O. The molecule has 0 aromatic heterocycles. The molecule has 0 radical (unpaired) electrons. The third kappa shape index (κ3) is 1.64. The minimum atomic E-state index is -1.19. The van der Waals surface area contributed by atoms with E-state index in [0.717, 1.165) is 11.3 Å². The molecule has 1 aliphatic rings. The fourth-order valence-electron chi connectivity index (χ4n) is 1.97. The molecule has 1 atom stereocenters. The van der Waals surface area contributed by atoms with Gasteiger partial charge < -0.3 is 5.11 Å². The molecule has 4 heteroatoms. The van der Waals surface area contributed by atoms with Crippen LogP contribution in [0.5, 0.6) is 0 Å². The number of benzene rings is 1. The van der Waals surface area contributed by atoms with Gasteiger partial charge in [0.15, 0.2) is 11.6 Å². The Kier molecular flexibility index (Phi) is 2.78. The molecule has 0 saturated heterocycles. The third-order valence-corrected chi connectivity index (χ3v) is 4.01. The number of nitrogens with zero attached hydrogens (tertiary/aromatic N) is 2. The van der Waals surface area contributed by atoms with Gasteiger partial charge in [0.25, 0.3) is 0 Å². The molecule has 0 unspecified atom stereocenters. The first-order valence-electron chi connectivity index (χ1n) is 6.01. The second kappa shape index (κ2) is 3.92. The maximum atomic E-state index is 10.7. The summed E-state index contributed by atoms with van der Waals surface area (Å²) in [5.41, 5.74) is -0.0989. The van der Waals surface area contributed by atoms with Crippen LogP contribution in [0, 0.1) is 10.8 Å². The molecule has 0 amide bonds. The first-order valence-corrected chi connectivity index (χ1v) is 6.01. The topological polar surface area (TPSA) is 59.7 Å². The highest BCUT2D eigenvalue weighted by Crippen LogP contribution is 2.41. The fraction of sp³-hybridized carbons (Fsp3) is 0.429. The Bertz CT molecular complexity index is 503. The number of rotatable bonds is 1. The number of hydrazone groups is 1. The van der Waals surface area contributed by atoms with Crippen molar-refractivity contribution in [2.24, 2.45) is 10.5 Å². The zero-order valence-electron chi connectivity index (χ0n) is 11.2. The van der Waals surface area contributed by atoms with Gasteiger partial charge >= 0.3 is 0 Å². The van der Waals surface area contributed by atoms with E-state index in [1.54, 1.807) is 6.92 Å². The maximum Gasteiger partial charge on any atom is 0.167 e. The van der Waals surface area contributed by atoms with E-state index in [0.29, 0.717) is 0 Å². The first kappa shape index (κ1) is 12.8. The zero-order valence-corrected chi connectivity index (χ0v) is 11.2. The van der Waals surface area contributed by atoms with Gasteiger partial charge in [-0.3, -0.25) is 5.41 Å². The Hall–Kier alpha value is -1.68. The van der Waals surface area contributed by atoms with E-state index in [-0.39, 0.29) is 5.84 Å². The Morgan fingerprint density at radius 3 is 2.22 bits per heavy atom. The Morgan fingerprint density at radius 1 is 1.22 bits per heavy atom. The van der Waals surface area contributed by atoms with Crippen LogP contribution in [0.25, 0.3) is 0 Å². The zero-order chi connectivity index (χ0) is 13.6. The van der Waals surface area contributed by atoms with Crippen molar-refractivity contribution < 1.29 is 5.11 Å². The monoisotopic (exact) mass is 245 g/mol. The van der Waals surface area contributed by atoms with Gasteiger partial charge in [-0.05, 0) is 27.7 Å². The molecule has 0 aliphatic carbocycles. The number of aliphatic hydroxyl groups is 1. The van der Waals surface area contributed by atoms with Crippen LogP contribution >= 0.6 is 0 Å². The van der Waals surface area contributed by atoms with Gasteiger partial charge in [-0.15, -0.1) is 0 Å². The summed E-state index contributed by atoms with van der Waals surface area (Å²) in [4.78, 5) is 0. The highest BCUT2D eigenvalue weighted by molar-refractivity contribution is 6.00. The highest BCUT2D eigenvalue weighted by atomic mass is 16.3. The lowest BCUT2D eigenvalue weighted by atomic mass is 9.79. The van der Waals surface area contributed by atoms with Crippen LogP contribution in [0.4, 0.5) is 0 Å². The quantitative estimate of drug-likeness (QED) is 0.589. The minimum absolute atomic E-state index is 0.213. The summed E-state index contributed by atoms with van der Waals surface area (Å²) in [5.74, 6) is 0.213. The minimum Gasteiger partial charge on any atom is -0.368 e. The number of hydrogen-bond acceptors (Lipinski definition) is 3. The van der Waals surface area contributed by atoms with E-state index >= 15 is 0 Å². The molecule has 96 valence electrons. The van der Waals surface area contributed by atoms with E-state index in [1.165, 1.54) is 5.01 Å². The van der Waals surface area contributed by atoms with Crippen molar-refractivity contribution in [1.82, 2.24) is 5.01 Å². The average molecular weight is 245 g/mol. The smallest absolute Gasteiger partial charge is 0.167 e. The van der Waals surface area contributed by atoms with Crippen molar-refractivity contribution >= 4 is 11.5 Å². The van der Waals surface area contributed by atoms with Gasteiger partial charge in [0.2, 0.25) is 0 Å². The van der Waals surface area contributed by atoms with Crippen molar-refractivity contribution in [3.8, 4) is 0 Å². The molecule has 2 N–H and O–H groups in total. The molecule has 1 aliphatic heterocycles. The van der Waals surface area contributed by atoms with E-state index in [9.17, 15) is 5.11 Å². The normalized spacial score (nSPS) is 26.1. The van der Waals surface area contributed by atoms with Gasteiger partial charge in [0.05, 0.1) is 5.41 Å². The molecule has 0 saturated carbocycles. The maximum absolute atomic E-state index is 10.7. The largest absolute Gasteiger partial charge is 0.368 e. The summed E-state index contributed by atoms with van der Waals surface area (Å²) < 4.78 is 0. The fourth-order valence-corrected chi connectivity index (χ4v) is 1.97. The van der Waals surface area contributed by atoms with Crippen molar-refractivity contribution in [3.63, 3.8) is 0 Å². The summed E-state index contributed by atoms with van der Waals surface area (Å²) in [5, 5.41) is 24.6. The lowest BCUT2D eigenvalue weighted by Gasteiger charge is -2.38. The van der Waals surface area contributed by atoms with Crippen molar-refractivity contribution in [1.29, 1.82) is 5.41 Å². The Balaban J connectivity index is 2.40. The van der Waals surface area contributed by atoms with Crippen LogP contribution in [-0.4, -0.2) is 27.4 Å². The van der Waals surface area contributed by atoms with Crippen molar-refractivity contribution in [3.05, 3.63) is 35.9 Å². The lowest BCUT2D eigenvalue weighted by Crippen LogP contribution is -2.53. The van der Waals surface area contributed by atoms with E-state index in [1.807, 2.05) is 51.1 Å².